The predicted octanol–water partition coefficient (Wildman–Crippen LogP) is 0.284. The number of hydrogen-bond acceptors (Lipinski definition) is 4. The zero-order valence-corrected chi connectivity index (χ0v) is 8.55. The molecular formula is C8H13N3O2S. The second kappa shape index (κ2) is 3.27. The molecule has 2 heterocycles. The molecular weight excluding hydrogens is 202 g/mol. The van der Waals surface area contributed by atoms with Crippen LogP contribution in [0.25, 0.3) is 0 Å². The first-order valence-corrected chi connectivity index (χ1v) is 6.40. The Hall–Kier alpha value is -1.04. The van der Waals surface area contributed by atoms with Crippen molar-refractivity contribution < 1.29 is 8.42 Å². The highest BCUT2D eigenvalue weighted by atomic mass is 32.2. The second-order valence-electron chi connectivity index (χ2n) is 3.68. The second-order valence-corrected chi connectivity index (χ2v) is 5.91. The maximum absolute atomic E-state index is 11.4. The highest BCUT2D eigenvalue weighted by Gasteiger charge is 2.26. The minimum atomic E-state index is -2.86. The summed E-state index contributed by atoms with van der Waals surface area (Å²) in [6.07, 6.45) is 3.24. The first kappa shape index (κ1) is 9.51. The zero-order chi connectivity index (χ0) is 10.2. The van der Waals surface area contributed by atoms with Crippen molar-refractivity contribution in [3.63, 3.8) is 0 Å². The topological polar surface area (TPSA) is 88.8 Å². The number of sulfone groups is 1. The molecule has 1 aliphatic rings. The number of hydrogen-bond donors (Lipinski definition) is 2. The molecule has 2 rings (SSSR count). The molecule has 0 spiro atoms. The van der Waals surface area contributed by atoms with Crippen molar-refractivity contribution in [2.75, 3.05) is 17.2 Å². The van der Waals surface area contributed by atoms with Crippen LogP contribution in [0.4, 0.5) is 5.95 Å². The van der Waals surface area contributed by atoms with E-state index < -0.39 is 9.84 Å². The largest absolute Gasteiger partial charge is 0.369 e. The third kappa shape index (κ3) is 1.89. The van der Waals surface area contributed by atoms with E-state index in [0.717, 1.165) is 18.5 Å². The van der Waals surface area contributed by atoms with Crippen LogP contribution in [0, 0.1) is 0 Å². The van der Waals surface area contributed by atoms with Crippen molar-refractivity contribution in [3.8, 4) is 0 Å². The van der Waals surface area contributed by atoms with E-state index in [-0.39, 0.29) is 11.7 Å². The molecule has 0 saturated carbocycles. The van der Waals surface area contributed by atoms with Gasteiger partial charge in [-0.1, -0.05) is 0 Å². The van der Waals surface area contributed by atoms with Crippen LogP contribution in [0.5, 0.6) is 0 Å². The van der Waals surface area contributed by atoms with E-state index in [9.17, 15) is 8.42 Å². The highest BCUT2D eigenvalue weighted by Crippen LogP contribution is 2.27. The van der Waals surface area contributed by atoms with Gasteiger partial charge in [-0.15, -0.1) is 0 Å². The zero-order valence-electron chi connectivity index (χ0n) is 7.73. The van der Waals surface area contributed by atoms with Gasteiger partial charge in [0.05, 0.1) is 17.7 Å². The first-order chi connectivity index (χ1) is 6.57. The molecule has 0 bridgehead atoms. The first-order valence-electron chi connectivity index (χ1n) is 4.58. The monoisotopic (exact) mass is 215 g/mol. The Labute approximate surface area is 82.6 Å². The summed E-state index contributed by atoms with van der Waals surface area (Å²) >= 11 is 0. The summed E-state index contributed by atoms with van der Waals surface area (Å²) < 4.78 is 22.8. The predicted molar refractivity (Wildman–Crippen MR) is 53.6 cm³/mol. The summed E-state index contributed by atoms with van der Waals surface area (Å²) in [5.74, 6) is 0.920. The van der Waals surface area contributed by atoms with Gasteiger partial charge in [0.2, 0.25) is 0 Å². The van der Waals surface area contributed by atoms with E-state index in [1.807, 2.05) is 0 Å². The molecule has 0 aliphatic carbocycles. The van der Waals surface area contributed by atoms with Crippen molar-refractivity contribution in [3.05, 3.63) is 11.9 Å². The number of aromatic nitrogens is 2. The SMILES string of the molecule is Nc1ncc(C2CCCS(=O)(=O)C2)[nH]1. The Morgan fingerprint density at radius 2 is 2.36 bits per heavy atom. The number of rotatable bonds is 1. The molecule has 5 nitrogen and oxygen atoms in total. The molecule has 0 aromatic carbocycles. The summed E-state index contributed by atoms with van der Waals surface area (Å²) in [4.78, 5) is 6.75. The number of aromatic amines is 1. The van der Waals surface area contributed by atoms with Crippen LogP contribution >= 0.6 is 0 Å². The standard InChI is InChI=1S/C8H13N3O2S/c9-8-10-4-7(11-8)6-2-1-3-14(12,13)5-6/h4,6H,1-3,5H2,(H3,9,10,11). The minimum Gasteiger partial charge on any atom is -0.369 e. The van der Waals surface area contributed by atoms with Gasteiger partial charge in [-0.3, -0.25) is 0 Å². The molecule has 1 atom stereocenters. The molecule has 1 fully saturated rings. The van der Waals surface area contributed by atoms with Crippen molar-refractivity contribution in [2.45, 2.75) is 18.8 Å². The van der Waals surface area contributed by atoms with E-state index in [1.54, 1.807) is 6.20 Å². The summed E-state index contributed by atoms with van der Waals surface area (Å²) in [6, 6.07) is 0. The fraction of sp³-hybridized carbons (Fsp3) is 0.625. The Balaban J connectivity index is 2.20. The molecule has 0 amide bonds. The van der Waals surface area contributed by atoms with Crippen LogP contribution in [-0.4, -0.2) is 29.9 Å². The number of nitrogens with zero attached hydrogens (tertiary/aromatic N) is 1. The molecule has 78 valence electrons. The quantitative estimate of drug-likeness (QED) is 0.704. The molecule has 0 radical (unpaired) electrons. The van der Waals surface area contributed by atoms with Crippen molar-refractivity contribution >= 4 is 15.8 Å². The lowest BCUT2D eigenvalue weighted by Crippen LogP contribution is -2.23. The summed E-state index contributed by atoms with van der Waals surface area (Å²) in [5.41, 5.74) is 6.28. The Kier molecular flexibility index (Phi) is 2.22. The van der Waals surface area contributed by atoms with Gasteiger partial charge in [0.15, 0.2) is 15.8 Å². The smallest absolute Gasteiger partial charge is 0.197 e. The minimum absolute atomic E-state index is 0.0403. The Bertz CT molecular complexity index is 424. The van der Waals surface area contributed by atoms with Gasteiger partial charge in [-0.25, -0.2) is 13.4 Å². The van der Waals surface area contributed by atoms with Gasteiger partial charge in [-0.2, -0.15) is 0 Å². The normalized spacial score (nSPS) is 26.1. The van der Waals surface area contributed by atoms with Gasteiger partial charge in [0.1, 0.15) is 0 Å². The molecule has 1 saturated heterocycles. The molecule has 3 N–H and O–H groups in total. The van der Waals surface area contributed by atoms with Crippen LogP contribution in [0.15, 0.2) is 6.20 Å². The van der Waals surface area contributed by atoms with Crippen LogP contribution in [-0.2, 0) is 9.84 Å². The third-order valence-corrected chi connectivity index (χ3v) is 4.34. The third-order valence-electron chi connectivity index (χ3n) is 2.52. The maximum Gasteiger partial charge on any atom is 0.197 e. The number of nitrogens with two attached hydrogens (primary N) is 1. The van der Waals surface area contributed by atoms with E-state index in [2.05, 4.69) is 9.97 Å². The number of nitrogen functional groups attached to an aromatic ring is 1. The van der Waals surface area contributed by atoms with Crippen molar-refractivity contribution in [1.82, 2.24) is 9.97 Å². The molecule has 14 heavy (non-hydrogen) atoms. The Morgan fingerprint density at radius 3 is 2.93 bits per heavy atom. The summed E-state index contributed by atoms with van der Waals surface area (Å²) in [5, 5.41) is 0. The van der Waals surface area contributed by atoms with Gasteiger partial charge < -0.3 is 10.7 Å². The highest BCUT2D eigenvalue weighted by molar-refractivity contribution is 7.91. The van der Waals surface area contributed by atoms with E-state index in [4.69, 9.17) is 5.73 Å². The van der Waals surface area contributed by atoms with Gasteiger partial charge in [-0.05, 0) is 12.8 Å². The molecule has 1 unspecified atom stereocenters. The van der Waals surface area contributed by atoms with E-state index in [1.165, 1.54) is 0 Å². The van der Waals surface area contributed by atoms with E-state index in [0.29, 0.717) is 11.7 Å². The summed E-state index contributed by atoms with van der Waals surface area (Å²) in [6.45, 7) is 0. The summed E-state index contributed by atoms with van der Waals surface area (Å²) in [7, 11) is -2.86. The number of nitrogens with one attached hydrogen (secondary N) is 1. The van der Waals surface area contributed by atoms with Crippen LogP contribution in [0.1, 0.15) is 24.5 Å². The molecule has 1 aliphatic heterocycles. The fourth-order valence-electron chi connectivity index (χ4n) is 1.83. The number of anilines is 1. The van der Waals surface area contributed by atoms with Crippen LogP contribution in [0.3, 0.4) is 0 Å². The van der Waals surface area contributed by atoms with Gasteiger partial charge in [0, 0.05) is 11.6 Å². The molecule has 6 heteroatoms. The average Bonchev–Trinajstić information content (AvgIpc) is 2.50. The maximum atomic E-state index is 11.4. The molecule has 1 aromatic rings. The van der Waals surface area contributed by atoms with E-state index >= 15 is 0 Å². The fourth-order valence-corrected chi connectivity index (χ4v) is 3.56. The lowest BCUT2D eigenvalue weighted by atomic mass is 10.0. The van der Waals surface area contributed by atoms with Crippen LogP contribution < -0.4 is 5.73 Å². The number of imidazole rings is 1. The van der Waals surface area contributed by atoms with Crippen molar-refractivity contribution in [1.29, 1.82) is 0 Å². The Morgan fingerprint density at radius 1 is 1.57 bits per heavy atom. The lowest BCUT2D eigenvalue weighted by molar-refractivity contribution is 0.550. The van der Waals surface area contributed by atoms with Crippen molar-refractivity contribution in [2.24, 2.45) is 0 Å². The van der Waals surface area contributed by atoms with Crippen LogP contribution in [0.2, 0.25) is 0 Å². The average molecular weight is 215 g/mol. The lowest BCUT2D eigenvalue weighted by Gasteiger charge is -2.20. The van der Waals surface area contributed by atoms with Gasteiger partial charge >= 0.3 is 0 Å². The number of H-pyrrole nitrogens is 1. The van der Waals surface area contributed by atoms with Gasteiger partial charge in [0.25, 0.3) is 0 Å². The molecule has 1 aromatic heterocycles.